The van der Waals surface area contributed by atoms with Crippen LogP contribution in [-0.4, -0.2) is 80.6 Å². The number of carbonyl (C=O) groups is 3. The summed E-state index contributed by atoms with van der Waals surface area (Å²) in [7, 11) is 5.50. The predicted molar refractivity (Wildman–Crippen MR) is 298 cm³/mol. The third-order valence-corrected chi connectivity index (χ3v) is 11.0. The smallest absolute Gasteiger partial charge is 0.362 e. The highest BCUT2D eigenvalue weighted by Gasteiger charge is 2.31. The maximum absolute atomic E-state index is 12.8. The van der Waals surface area contributed by atoms with E-state index in [9.17, 15) is 19.5 Å². The number of carbonyl (C=O) groups excluding carboxylic acids is 2. The van der Waals surface area contributed by atoms with Crippen LogP contribution in [0.5, 0.6) is 0 Å². The van der Waals surface area contributed by atoms with Crippen LogP contribution in [-0.2, 0) is 28.6 Å². The fourth-order valence-electron chi connectivity index (χ4n) is 6.92. The van der Waals surface area contributed by atoms with Gasteiger partial charge < -0.3 is 23.8 Å². The van der Waals surface area contributed by atoms with Gasteiger partial charge in [0.2, 0.25) is 0 Å². The first-order valence-electron chi connectivity index (χ1n) is 26.9. The topological polar surface area (TPSA) is 99.1 Å². The molecule has 0 fully saturated rings. The van der Waals surface area contributed by atoms with Gasteiger partial charge in [0.25, 0.3) is 0 Å². The van der Waals surface area contributed by atoms with Crippen LogP contribution >= 0.6 is 0 Å². The predicted octanol–water partition coefficient (Wildman–Crippen LogP) is 16.1. The number of allylic oxidation sites excluding steroid dienone is 24. The molecule has 0 radical (unpaired) electrons. The molecule has 0 heterocycles. The summed E-state index contributed by atoms with van der Waals surface area (Å²) in [4.78, 5) is 37.2. The van der Waals surface area contributed by atoms with Gasteiger partial charge in [-0.05, 0) is 116 Å². The molecular formula is C62H98NO7+. The summed E-state index contributed by atoms with van der Waals surface area (Å²) in [5, 5.41) is 9.67. The van der Waals surface area contributed by atoms with E-state index in [1.807, 2.05) is 21.1 Å². The van der Waals surface area contributed by atoms with Crippen molar-refractivity contribution in [3.8, 4) is 0 Å². The lowest BCUT2D eigenvalue weighted by atomic mass is 10.1. The number of rotatable bonds is 46. The summed E-state index contributed by atoms with van der Waals surface area (Å²) < 4.78 is 17.3. The third-order valence-electron chi connectivity index (χ3n) is 11.0. The van der Waals surface area contributed by atoms with Crippen molar-refractivity contribution in [2.45, 2.75) is 187 Å². The Morgan fingerprint density at radius 1 is 0.429 bits per heavy atom. The molecule has 0 saturated carbocycles. The van der Waals surface area contributed by atoms with Crippen molar-refractivity contribution in [2.75, 3.05) is 41.0 Å². The number of carboxylic acids is 1. The molecule has 0 aromatic rings. The first kappa shape index (κ1) is 65.2. The van der Waals surface area contributed by atoms with Gasteiger partial charge in [-0.2, -0.15) is 0 Å². The quantitative estimate of drug-likeness (QED) is 0.0281. The molecule has 0 saturated heterocycles. The number of esters is 2. The Labute approximate surface area is 427 Å². The molecule has 392 valence electrons. The van der Waals surface area contributed by atoms with Crippen LogP contribution in [0, 0.1) is 0 Å². The zero-order valence-corrected chi connectivity index (χ0v) is 44.7. The van der Waals surface area contributed by atoms with Crippen LogP contribution in [0.2, 0.25) is 0 Å². The Hall–Kier alpha value is -4.79. The largest absolute Gasteiger partial charge is 0.477 e. The second-order valence-electron chi connectivity index (χ2n) is 18.4. The number of hydrogen-bond donors (Lipinski definition) is 1. The second-order valence-corrected chi connectivity index (χ2v) is 18.4. The summed E-state index contributed by atoms with van der Waals surface area (Å²) in [6.45, 7) is 4.43. The Balaban J connectivity index is 4.38. The molecule has 0 aliphatic rings. The summed E-state index contributed by atoms with van der Waals surface area (Å²) in [6, 6.07) is -0.635. The summed E-state index contributed by atoms with van der Waals surface area (Å²) >= 11 is 0. The SMILES string of the molecule is CC/C=C/C/C=C/C/C=C/C/C=C/C/C=C/C/C=C/CCCCCCC(=O)OCC(COCCC(C(=O)O)[N+](C)(C)C)OC(=O)CCCCCC/C=C/C/C=C/C/C=C/C/C=C/C/C=C/C/C=C/CC. The van der Waals surface area contributed by atoms with Crippen LogP contribution < -0.4 is 0 Å². The van der Waals surface area contributed by atoms with E-state index in [4.69, 9.17) is 14.2 Å². The highest BCUT2D eigenvalue weighted by atomic mass is 16.6. The molecule has 0 spiro atoms. The van der Waals surface area contributed by atoms with Gasteiger partial charge in [-0.3, -0.25) is 9.59 Å². The number of likely N-dealkylation sites (N-methyl/N-ethyl adjacent to an activating group) is 1. The minimum absolute atomic E-state index is 0.0308. The molecule has 8 heteroatoms. The van der Waals surface area contributed by atoms with Crippen LogP contribution in [0.25, 0.3) is 0 Å². The van der Waals surface area contributed by atoms with Crippen molar-refractivity contribution in [1.29, 1.82) is 0 Å². The molecule has 0 bridgehead atoms. The number of hydrogen-bond acceptors (Lipinski definition) is 6. The molecule has 0 aromatic carbocycles. The van der Waals surface area contributed by atoms with E-state index in [0.717, 1.165) is 141 Å². The summed E-state index contributed by atoms with van der Waals surface area (Å²) in [5.41, 5.74) is 0. The highest BCUT2D eigenvalue weighted by Crippen LogP contribution is 2.12. The Bertz CT molecular complexity index is 1650. The van der Waals surface area contributed by atoms with Crippen molar-refractivity contribution in [3.05, 3.63) is 146 Å². The monoisotopic (exact) mass is 969 g/mol. The molecule has 0 rings (SSSR count). The lowest BCUT2D eigenvalue weighted by Crippen LogP contribution is -2.50. The minimum atomic E-state index is -0.890. The van der Waals surface area contributed by atoms with E-state index >= 15 is 0 Å². The van der Waals surface area contributed by atoms with Gasteiger partial charge in [-0.15, -0.1) is 0 Å². The van der Waals surface area contributed by atoms with E-state index in [1.165, 1.54) is 0 Å². The van der Waals surface area contributed by atoms with Gasteiger partial charge in [0.1, 0.15) is 6.61 Å². The average molecular weight is 969 g/mol. The van der Waals surface area contributed by atoms with Crippen molar-refractivity contribution in [1.82, 2.24) is 0 Å². The molecule has 70 heavy (non-hydrogen) atoms. The molecule has 8 nitrogen and oxygen atoms in total. The molecule has 0 aliphatic heterocycles. The first-order chi connectivity index (χ1) is 34.1. The lowest BCUT2D eigenvalue weighted by molar-refractivity contribution is -0.887. The van der Waals surface area contributed by atoms with Crippen LogP contribution in [0.3, 0.4) is 0 Å². The maximum atomic E-state index is 12.8. The van der Waals surface area contributed by atoms with Crippen LogP contribution in [0.1, 0.15) is 174 Å². The van der Waals surface area contributed by atoms with E-state index in [-0.39, 0.29) is 42.7 Å². The molecule has 0 aliphatic carbocycles. The number of carboxylic acid groups (broad SMARTS) is 1. The first-order valence-corrected chi connectivity index (χ1v) is 26.9. The van der Waals surface area contributed by atoms with Crippen LogP contribution in [0.4, 0.5) is 0 Å². The van der Waals surface area contributed by atoms with E-state index in [1.54, 1.807) is 0 Å². The number of ether oxygens (including phenoxy) is 3. The van der Waals surface area contributed by atoms with Crippen molar-refractivity contribution in [2.24, 2.45) is 0 Å². The Morgan fingerprint density at radius 3 is 1.10 bits per heavy atom. The lowest BCUT2D eigenvalue weighted by Gasteiger charge is -2.31. The third kappa shape index (κ3) is 48.2. The van der Waals surface area contributed by atoms with E-state index in [0.29, 0.717) is 12.8 Å². The fourth-order valence-corrected chi connectivity index (χ4v) is 6.92. The number of aliphatic carboxylic acids is 1. The minimum Gasteiger partial charge on any atom is -0.477 e. The number of nitrogens with zero attached hydrogens (tertiary/aromatic N) is 1. The molecule has 2 atom stereocenters. The number of quaternary nitrogens is 1. The molecular weight excluding hydrogens is 871 g/mol. The van der Waals surface area contributed by atoms with Crippen molar-refractivity contribution >= 4 is 17.9 Å². The Morgan fingerprint density at radius 2 is 0.757 bits per heavy atom. The second kappa shape index (κ2) is 50.6. The zero-order chi connectivity index (χ0) is 51.3. The van der Waals surface area contributed by atoms with Crippen LogP contribution in [0.15, 0.2) is 146 Å². The van der Waals surface area contributed by atoms with Gasteiger partial charge in [0.05, 0.1) is 34.4 Å². The van der Waals surface area contributed by atoms with Gasteiger partial charge in [-0.25, -0.2) is 4.79 Å². The van der Waals surface area contributed by atoms with E-state index < -0.39 is 18.1 Å². The highest BCUT2D eigenvalue weighted by molar-refractivity contribution is 5.72. The summed E-state index contributed by atoms with van der Waals surface area (Å²) in [6.07, 6.45) is 74.7. The molecule has 0 aromatic heterocycles. The fraction of sp³-hybridized carbons (Fsp3) is 0.565. The van der Waals surface area contributed by atoms with E-state index in [2.05, 4.69) is 160 Å². The normalized spacial score (nSPS) is 14.0. The maximum Gasteiger partial charge on any atom is 0.362 e. The Kier molecular flexibility index (Phi) is 47.1. The zero-order valence-electron chi connectivity index (χ0n) is 44.7. The molecule has 0 amide bonds. The van der Waals surface area contributed by atoms with Crippen molar-refractivity contribution in [3.63, 3.8) is 0 Å². The molecule has 1 N–H and O–H groups in total. The van der Waals surface area contributed by atoms with Crippen molar-refractivity contribution < 1.29 is 38.2 Å². The van der Waals surface area contributed by atoms with Gasteiger partial charge >= 0.3 is 17.9 Å². The average Bonchev–Trinajstić information content (AvgIpc) is 3.33. The van der Waals surface area contributed by atoms with Gasteiger partial charge in [-0.1, -0.05) is 185 Å². The summed E-state index contributed by atoms with van der Waals surface area (Å²) in [5.74, 6) is -1.55. The number of unbranched alkanes of at least 4 members (excludes halogenated alkanes) is 8. The van der Waals surface area contributed by atoms with Gasteiger partial charge in [0.15, 0.2) is 12.1 Å². The van der Waals surface area contributed by atoms with Gasteiger partial charge in [0, 0.05) is 19.3 Å². The standard InChI is InChI=1S/C62H97NO7/c1-6-8-10-12-14-16-18-20-22-24-26-28-30-32-34-36-38-40-42-44-46-48-50-52-60(64)69-57-58(56-68-55-54-59(62(66)67)63(3,4)5)70-61(65)53-51-49-47-45-43-41-39-37-35-33-31-29-27-25-23-21-19-17-15-13-11-9-7-2/h8-11,14-17,20-23,26-29,32-35,38-41,58-59H,6-7,12-13,18-19,24-25,30-31,36-37,42-57H2,1-5H3/p+1/b10-8+,11-9+,16-14+,17-15+,22-20+,23-21+,28-26+,29-27+,34-32+,35-33+,40-38+,41-39+. The molecule has 2 unspecified atom stereocenters.